The van der Waals surface area contributed by atoms with E-state index in [-0.39, 0.29) is 11.9 Å². The topological polar surface area (TPSA) is 35.8 Å². The normalized spacial score (nSPS) is 19.9. The Labute approximate surface area is 143 Å². The van der Waals surface area contributed by atoms with Crippen LogP contribution >= 0.6 is 35.0 Å². The van der Waals surface area contributed by atoms with Gasteiger partial charge in [0.2, 0.25) is 0 Å². The first-order valence-electron chi connectivity index (χ1n) is 6.80. The van der Waals surface area contributed by atoms with Crippen LogP contribution in [-0.2, 0) is 0 Å². The fraction of sp³-hybridized carbons (Fsp3) is 0.188. The molecule has 1 heterocycles. The summed E-state index contributed by atoms with van der Waals surface area (Å²) in [7, 11) is 0. The molecule has 22 heavy (non-hydrogen) atoms. The molecule has 6 heteroatoms. The Morgan fingerprint density at radius 1 is 1.05 bits per heavy atom. The van der Waals surface area contributed by atoms with Crippen LogP contribution in [0.1, 0.15) is 0 Å². The van der Waals surface area contributed by atoms with Crippen LogP contribution in [0.2, 0.25) is 10.0 Å². The molecule has 0 aromatic heterocycles. The first-order valence-corrected chi connectivity index (χ1v) is 8.44. The van der Waals surface area contributed by atoms with Gasteiger partial charge in [-0.1, -0.05) is 35.0 Å². The average molecular weight is 353 g/mol. The van der Waals surface area contributed by atoms with Crippen LogP contribution < -0.4 is 4.90 Å². The highest BCUT2D eigenvalue weighted by Gasteiger charge is 2.29. The highest BCUT2D eigenvalue weighted by molar-refractivity contribution is 8.15. The lowest BCUT2D eigenvalue weighted by Crippen LogP contribution is -2.26. The molecule has 1 aliphatic heterocycles. The number of halogens is 2. The van der Waals surface area contributed by atoms with Crippen LogP contribution in [0.25, 0.3) is 0 Å². The summed E-state index contributed by atoms with van der Waals surface area (Å²) in [6.07, 6.45) is 0. The summed E-state index contributed by atoms with van der Waals surface area (Å²) in [5.74, 6) is 0. The van der Waals surface area contributed by atoms with Gasteiger partial charge in [0.05, 0.1) is 17.5 Å². The number of aliphatic imine (C=N–C) groups is 1. The van der Waals surface area contributed by atoms with Crippen LogP contribution in [0.3, 0.4) is 0 Å². The van der Waals surface area contributed by atoms with Crippen molar-refractivity contribution in [3.8, 4) is 0 Å². The van der Waals surface area contributed by atoms with Crippen LogP contribution in [0.15, 0.2) is 53.5 Å². The molecule has 0 bridgehead atoms. The number of anilines is 1. The molecule has 114 valence electrons. The smallest absolute Gasteiger partial charge is 0.169 e. The maximum atomic E-state index is 9.45. The van der Waals surface area contributed by atoms with Crippen molar-refractivity contribution < 1.29 is 5.11 Å². The largest absolute Gasteiger partial charge is 0.395 e. The van der Waals surface area contributed by atoms with Gasteiger partial charge in [-0.25, -0.2) is 4.99 Å². The third-order valence-electron chi connectivity index (χ3n) is 3.28. The van der Waals surface area contributed by atoms with E-state index in [9.17, 15) is 5.11 Å². The second-order valence-electron chi connectivity index (χ2n) is 4.88. The van der Waals surface area contributed by atoms with Crippen molar-refractivity contribution in [2.75, 3.05) is 18.1 Å². The standard InChI is InChI=1S/C16H14Cl2N2OS/c17-11-1-5-13(6-2-11)19-16-20(9-15(10-21)22-16)14-7-3-12(18)4-8-14/h1-8,15,21H,9-10H2. The summed E-state index contributed by atoms with van der Waals surface area (Å²) in [5, 5.41) is 11.8. The Morgan fingerprint density at radius 3 is 2.23 bits per heavy atom. The molecule has 3 rings (SSSR count). The van der Waals surface area contributed by atoms with Gasteiger partial charge < -0.3 is 10.0 Å². The Bertz CT molecular complexity index is 674. The molecular formula is C16H14Cl2N2OS. The summed E-state index contributed by atoms with van der Waals surface area (Å²) in [4.78, 5) is 6.77. The number of nitrogens with zero attached hydrogens (tertiary/aromatic N) is 2. The molecule has 1 unspecified atom stereocenters. The van der Waals surface area contributed by atoms with Crippen molar-refractivity contribution in [2.45, 2.75) is 5.25 Å². The monoisotopic (exact) mass is 352 g/mol. The molecular weight excluding hydrogens is 339 g/mol. The highest BCUT2D eigenvalue weighted by Crippen LogP contribution is 2.33. The van der Waals surface area contributed by atoms with Crippen molar-refractivity contribution in [3.63, 3.8) is 0 Å². The quantitative estimate of drug-likeness (QED) is 0.876. The van der Waals surface area contributed by atoms with E-state index < -0.39 is 0 Å². The number of amidine groups is 1. The Balaban J connectivity index is 1.92. The summed E-state index contributed by atoms with van der Waals surface area (Å²) >= 11 is 13.4. The fourth-order valence-electron chi connectivity index (χ4n) is 2.18. The number of benzene rings is 2. The number of aliphatic hydroxyl groups is 1. The van der Waals surface area contributed by atoms with Crippen molar-refractivity contribution in [3.05, 3.63) is 58.6 Å². The van der Waals surface area contributed by atoms with Gasteiger partial charge in [0, 0.05) is 22.3 Å². The molecule has 0 spiro atoms. The third-order valence-corrected chi connectivity index (χ3v) is 4.94. The zero-order valence-corrected chi connectivity index (χ0v) is 13.9. The van der Waals surface area contributed by atoms with Gasteiger partial charge in [-0.15, -0.1) is 0 Å². The SMILES string of the molecule is OCC1CN(c2ccc(Cl)cc2)C(=Nc2ccc(Cl)cc2)S1. The molecule has 1 N–H and O–H groups in total. The van der Waals surface area contributed by atoms with Gasteiger partial charge >= 0.3 is 0 Å². The van der Waals surface area contributed by atoms with Gasteiger partial charge in [0.25, 0.3) is 0 Å². The number of hydrogen-bond donors (Lipinski definition) is 1. The van der Waals surface area contributed by atoms with Gasteiger partial charge in [-0.2, -0.15) is 0 Å². The Kier molecular flexibility index (Phi) is 4.93. The van der Waals surface area contributed by atoms with Gasteiger partial charge in [0.15, 0.2) is 5.17 Å². The number of hydrogen-bond acceptors (Lipinski definition) is 3. The van der Waals surface area contributed by atoms with Crippen LogP contribution in [0, 0.1) is 0 Å². The maximum Gasteiger partial charge on any atom is 0.169 e. The minimum Gasteiger partial charge on any atom is -0.395 e. The van der Waals surface area contributed by atoms with E-state index in [2.05, 4.69) is 9.89 Å². The Hall–Kier alpha value is -1.20. The fourth-order valence-corrected chi connectivity index (χ4v) is 3.49. The lowest BCUT2D eigenvalue weighted by molar-refractivity contribution is 0.298. The van der Waals surface area contributed by atoms with E-state index in [4.69, 9.17) is 23.2 Å². The average Bonchev–Trinajstić information content (AvgIpc) is 2.93. The Morgan fingerprint density at radius 2 is 1.64 bits per heavy atom. The van der Waals surface area contributed by atoms with Gasteiger partial charge in [0.1, 0.15) is 0 Å². The molecule has 1 atom stereocenters. The molecule has 2 aromatic carbocycles. The molecule has 1 fully saturated rings. The van der Waals surface area contributed by atoms with Crippen LogP contribution in [0.4, 0.5) is 11.4 Å². The lowest BCUT2D eigenvalue weighted by Gasteiger charge is -2.18. The number of thioether (sulfide) groups is 1. The highest BCUT2D eigenvalue weighted by atomic mass is 35.5. The van der Waals surface area contributed by atoms with Gasteiger partial charge in [-0.3, -0.25) is 0 Å². The van der Waals surface area contributed by atoms with E-state index in [0.29, 0.717) is 10.0 Å². The minimum absolute atomic E-state index is 0.113. The summed E-state index contributed by atoms with van der Waals surface area (Å²) < 4.78 is 0. The first kappa shape index (κ1) is 15.7. The van der Waals surface area contributed by atoms with Crippen LogP contribution in [-0.4, -0.2) is 28.7 Å². The zero-order valence-electron chi connectivity index (χ0n) is 11.6. The summed E-state index contributed by atoms with van der Waals surface area (Å²) in [6.45, 7) is 0.837. The zero-order chi connectivity index (χ0) is 15.5. The van der Waals surface area contributed by atoms with E-state index in [0.717, 1.165) is 23.1 Å². The molecule has 0 radical (unpaired) electrons. The number of aliphatic hydroxyl groups excluding tert-OH is 1. The third kappa shape index (κ3) is 3.58. The second kappa shape index (κ2) is 6.92. The van der Waals surface area contributed by atoms with Crippen molar-refractivity contribution >= 4 is 51.5 Å². The lowest BCUT2D eigenvalue weighted by atomic mass is 10.3. The molecule has 0 aliphatic carbocycles. The molecule has 1 saturated heterocycles. The van der Waals surface area contributed by atoms with E-state index in [1.807, 2.05) is 48.5 Å². The van der Waals surface area contributed by atoms with E-state index in [1.165, 1.54) is 0 Å². The van der Waals surface area contributed by atoms with Crippen molar-refractivity contribution in [1.29, 1.82) is 0 Å². The predicted octanol–water partition coefficient (Wildman–Crippen LogP) is 4.60. The van der Waals surface area contributed by atoms with Gasteiger partial charge in [-0.05, 0) is 48.5 Å². The minimum atomic E-state index is 0.113. The molecule has 0 saturated carbocycles. The van der Waals surface area contributed by atoms with E-state index >= 15 is 0 Å². The predicted molar refractivity (Wildman–Crippen MR) is 95.8 cm³/mol. The molecule has 0 amide bonds. The van der Waals surface area contributed by atoms with E-state index in [1.54, 1.807) is 11.8 Å². The van der Waals surface area contributed by atoms with Crippen molar-refractivity contribution in [2.24, 2.45) is 4.99 Å². The van der Waals surface area contributed by atoms with Crippen LogP contribution in [0.5, 0.6) is 0 Å². The summed E-state index contributed by atoms with van der Waals surface area (Å²) in [6, 6.07) is 15.0. The molecule has 3 nitrogen and oxygen atoms in total. The number of rotatable bonds is 3. The summed E-state index contributed by atoms with van der Waals surface area (Å²) in [5.41, 5.74) is 1.85. The molecule has 1 aliphatic rings. The van der Waals surface area contributed by atoms with Crippen molar-refractivity contribution in [1.82, 2.24) is 0 Å². The maximum absolute atomic E-state index is 9.45. The first-order chi connectivity index (χ1) is 10.7. The molecule has 2 aromatic rings. The second-order valence-corrected chi connectivity index (χ2v) is 7.02.